The standard InChI is InChI=1S/C20H21ClN2/c1-4-15(2)19(18-13-9-6-10-14-18)23-20(21)22-16(3)17-11-7-5-8-12-17/h5-14H,4H2,1-3H3/b19-15+,22-16+,23-20+. The predicted octanol–water partition coefficient (Wildman–Crippen LogP) is 5.93. The molecule has 0 spiro atoms. The van der Waals surface area contributed by atoms with E-state index in [1.165, 1.54) is 5.57 Å². The molecule has 23 heavy (non-hydrogen) atoms. The van der Waals surface area contributed by atoms with Crippen LogP contribution in [0.25, 0.3) is 5.70 Å². The average molecular weight is 325 g/mol. The summed E-state index contributed by atoms with van der Waals surface area (Å²) in [6.45, 7) is 6.12. The number of aliphatic imine (C=N–C) groups is 2. The van der Waals surface area contributed by atoms with Crippen LogP contribution in [-0.4, -0.2) is 11.0 Å². The molecule has 0 aromatic heterocycles. The van der Waals surface area contributed by atoms with Crippen LogP contribution in [0, 0.1) is 0 Å². The van der Waals surface area contributed by atoms with E-state index in [0.717, 1.165) is 29.0 Å². The number of halogens is 1. The highest BCUT2D eigenvalue weighted by atomic mass is 35.5. The Morgan fingerprint density at radius 2 is 1.35 bits per heavy atom. The molecule has 0 saturated carbocycles. The summed E-state index contributed by atoms with van der Waals surface area (Å²) in [6, 6.07) is 20.0. The molecule has 0 atom stereocenters. The van der Waals surface area contributed by atoms with Gasteiger partial charge in [-0.1, -0.05) is 67.6 Å². The van der Waals surface area contributed by atoms with E-state index < -0.39 is 0 Å². The van der Waals surface area contributed by atoms with Gasteiger partial charge in [0.1, 0.15) is 0 Å². The maximum atomic E-state index is 6.30. The fraction of sp³-hybridized carbons (Fsp3) is 0.200. The molecule has 0 fully saturated rings. The number of rotatable bonds is 4. The zero-order valence-electron chi connectivity index (χ0n) is 13.8. The Bertz CT molecular complexity index is 729. The molecule has 0 N–H and O–H groups in total. The summed E-state index contributed by atoms with van der Waals surface area (Å²) >= 11 is 6.30. The van der Waals surface area contributed by atoms with E-state index in [9.17, 15) is 0 Å². The lowest BCUT2D eigenvalue weighted by atomic mass is 10.1. The Morgan fingerprint density at radius 3 is 1.87 bits per heavy atom. The van der Waals surface area contributed by atoms with Crippen molar-refractivity contribution < 1.29 is 0 Å². The molecule has 0 saturated heterocycles. The van der Waals surface area contributed by atoms with Crippen LogP contribution in [0.1, 0.15) is 38.3 Å². The van der Waals surface area contributed by atoms with Crippen LogP contribution in [0.2, 0.25) is 0 Å². The molecule has 0 aliphatic rings. The molecule has 2 aromatic rings. The second kappa shape index (κ2) is 8.44. The third-order valence-electron chi connectivity index (χ3n) is 3.64. The van der Waals surface area contributed by atoms with Crippen molar-refractivity contribution >= 4 is 28.3 Å². The summed E-state index contributed by atoms with van der Waals surface area (Å²) in [7, 11) is 0. The van der Waals surface area contributed by atoms with Crippen LogP contribution in [0.15, 0.2) is 76.2 Å². The van der Waals surface area contributed by atoms with Crippen LogP contribution >= 0.6 is 11.6 Å². The summed E-state index contributed by atoms with van der Waals surface area (Å²) in [5, 5.41) is 0.248. The number of hydrogen-bond acceptors (Lipinski definition) is 1. The van der Waals surface area contributed by atoms with E-state index in [-0.39, 0.29) is 5.29 Å². The van der Waals surface area contributed by atoms with Crippen molar-refractivity contribution in [2.45, 2.75) is 27.2 Å². The maximum absolute atomic E-state index is 6.30. The smallest absolute Gasteiger partial charge is 0.223 e. The maximum Gasteiger partial charge on any atom is 0.223 e. The lowest BCUT2D eigenvalue weighted by Gasteiger charge is -2.07. The van der Waals surface area contributed by atoms with Crippen LogP contribution in [0.3, 0.4) is 0 Å². The van der Waals surface area contributed by atoms with Crippen molar-refractivity contribution in [1.29, 1.82) is 0 Å². The number of amidine groups is 1. The molecule has 0 unspecified atom stereocenters. The summed E-state index contributed by atoms with van der Waals surface area (Å²) < 4.78 is 0. The van der Waals surface area contributed by atoms with Crippen molar-refractivity contribution in [2.75, 3.05) is 0 Å². The molecule has 0 heterocycles. The zero-order chi connectivity index (χ0) is 16.7. The molecular weight excluding hydrogens is 304 g/mol. The molecule has 2 nitrogen and oxygen atoms in total. The zero-order valence-corrected chi connectivity index (χ0v) is 14.5. The summed E-state index contributed by atoms with van der Waals surface area (Å²) in [5.41, 5.74) is 5.02. The molecule has 2 aromatic carbocycles. The van der Waals surface area contributed by atoms with E-state index in [4.69, 9.17) is 11.6 Å². The van der Waals surface area contributed by atoms with E-state index in [2.05, 4.69) is 23.8 Å². The first-order valence-electron chi connectivity index (χ1n) is 7.72. The van der Waals surface area contributed by atoms with E-state index in [1.54, 1.807) is 0 Å². The normalized spacial score (nSPS) is 13.7. The van der Waals surface area contributed by atoms with Crippen molar-refractivity contribution in [3.63, 3.8) is 0 Å². The molecule has 3 heteroatoms. The van der Waals surface area contributed by atoms with E-state index in [0.29, 0.717) is 0 Å². The second-order valence-electron chi connectivity index (χ2n) is 5.29. The van der Waals surface area contributed by atoms with Crippen molar-refractivity contribution in [3.8, 4) is 0 Å². The fourth-order valence-corrected chi connectivity index (χ4v) is 2.38. The topological polar surface area (TPSA) is 24.7 Å². The second-order valence-corrected chi connectivity index (χ2v) is 5.63. The Kier molecular flexibility index (Phi) is 6.30. The molecule has 2 rings (SSSR count). The minimum atomic E-state index is 0.248. The predicted molar refractivity (Wildman–Crippen MR) is 101 cm³/mol. The van der Waals surface area contributed by atoms with Gasteiger partial charge >= 0.3 is 0 Å². The van der Waals surface area contributed by atoms with Crippen LogP contribution < -0.4 is 0 Å². The van der Waals surface area contributed by atoms with Crippen LogP contribution in [0.5, 0.6) is 0 Å². The Morgan fingerprint density at radius 1 is 0.826 bits per heavy atom. The highest BCUT2D eigenvalue weighted by Crippen LogP contribution is 2.23. The summed E-state index contributed by atoms with van der Waals surface area (Å²) in [6.07, 6.45) is 0.916. The largest absolute Gasteiger partial charge is 0.223 e. The number of benzene rings is 2. The van der Waals surface area contributed by atoms with Crippen molar-refractivity contribution in [3.05, 3.63) is 77.4 Å². The van der Waals surface area contributed by atoms with Gasteiger partial charge in [0, 0.05) is 11.3 Å². The van der Waals surface area contributed by atoms with Crippen molar-refractivity contribution in [1.82, 2.24) is 0 Å². The van der Waals surface area contributed by atoms with Gasteiger partial charge in [-0.25, -0.2) is 9.98 Å². The van der Waals surface area contributed by atoms with Gasteiger partial charge in [-0.15, -0.1) is 0 Å². The number of nitrogens with zero attached hydrogens (tertiary/aromatic N) is 2. The minimum Gasteiger partial charge on any atom is -0.223 e. The Balaban J connectivity index is 2.37. The van der Waals surface area contributed by atoms with Crippen molar-refractivity contribution in [2.24, 2.45) is 9.98 Å². The van der Waals surface area contributed by atoms with Gasteiger partial charge in [0.2, 0.25) is 5.29 Å². The minimum absolute atomic E-state index is 0.248. The van der Waals surface area contributed by atoms with Gasteiger partial charge in [-0.05, 0) is 43.0 Å². The Hall–Kier alpha value is -2.19. The van der Waals surface area contributed by atoms with Crippen LogP contribution in [-0.2, 0) is 0 Å². The summed E-state index contributed by atoms with van der Waals surface area (Å²) in [4.78, 5) is 8.98. The van der Waals surface area contributed by atoms with Gasteiger partial charge in [-0.2, -0.15) is 0 Å². The van der Waals surface area contributed by atoms with E-state index in [1.807, 2.05) is 67.6 Å². The molecule has 0 aliphatic heterocycles. The van der Waals surface area contributed by atoms with Gasteiger partial charge in [-0.3, -0.25) is 0 Å². The third kappa shape index (κ3) is 4.90. The number of hydrogen-bond donors (Lipinski definition) is 0. The molecular formula is C20H21ClN2. The highest BCUT2D eigenvalue weighted by molar-refractivity contribution is 6.66. The van der Waals surface area contributed by atoms with Gasteiger partial charge in [0.25, 0.3) is 0 Å². The van der Waals surface area contributed by atoms with Gasteiger partial charge < -0.3 is 0 Å². The molecule has 0 radical (unpaired) electrons. The lowest BCUT2D eigenvalue weighted by molar-refractivity contribution is 1.09. The Labute approximate surface area is 143 Å². The quantitative estimate of drug-likeness (QED) is 0.378. The fourth-order valence-electron chi connectivity index (χ4n) is 2.17. The van der Waals surface area contributed by atoms with E-state index >= 15 is 0 Å². The van der Waals surface area contributed by atoms with Gasteiger partial charge in [0.15, 0.2) is 0 Å². The molecule has 0 bridgehead atoms. The first-order valence-corrected chi connectivity index (χ1v) is 8.09. The number of allylic oxidation sites excluding steroid dienone is 1. The molecule has 118 valence electrons. The third-order valence-corrected chi connectivity index (χ3v) is 3.81. The first-order chi connectivity index (χ1) is 11.1. The van der Waals surface area contributed by atoms with Crippen LogP contribution in [0.4, 0.5) is 0 Å². The average Bonchev–Trinajstić information content (AvgIpc) is 2.60. The van der Waals surface area contributed by atoms with Gasteiger partial charge in [0.05, 0.1) is 5.70 Å². The highest BCUT2D eigenvalue weighted by Gasteiger charge is 2.06. The first kappa shape index (κ1) is 17.2. The lowest BCUT2D eigenvalue weighted by Crippen LogP contribution is -1.98. The molecule has 0 aliphatic carbocycles. The monoisotopic (exact) mass is 324 g/mol. The SMILES string of the molecule is CC/C(C)=C(/N=C(Cl)/N=C(\C)c1ccccc1)c1ccccc1. The summed E-state index contributed by atoms with van der Waals surface area (Å²) in [5.74, 6) is 0. The molecule has 0 amide bonds.